The minimum absolute atomic E-state index is 0. The normalized spacial score (nSPS) is 10.9. The Hall–Kier alpha value is -0.620. The van der Waals surface area contributed by atoms with E-state index in [9.17, 15) is 8.42 Å². The van der Waals surface area contributed by atoms with Gasteiger partial charge in [0.15, 0.2) is 0 Å². The summed E-state index contributed by atoms with van der Waals surface area (Å²) >= 11 is 0. The molecule has 17 heavy (non-hydrogen) atoms. The molecule has 1 aromatic carbocycles. The highest BCUT2D eigenvalue weighted by molar-refractivity contribution is 7.88. The molecule has 0 amide bonds. The molecule has 0 aromatic heterocycles. The van der Waals surface area contributed by atoms with Crippen LogP contribution in [0.4, 0.5) is 0 Å². The largest absolute Gasteiger partial charge is 0.330 e. The Balaban J connectivity index is 0.00000256. The summed E-state index contributed by atoms with van der Waals surface area (Å²) in [6, 6.07) is 7.50. The maximum Gasteiger partial charge on any atom is 0.215 e. The highest BCUT2D eigenvalue weighted by Gasteiger charge is 2.10. The Bertz CT molecular complexity index is 435. The van der Waals surface area contributed by atoms with Gasteiger partial charge in [0.2, 0.25) is 10.0 Å². The minimum Gasteiger partial charge on any atom is -0.330 e. The molecule has 0 saturated heterocycles. The van der Waals surface area contributed by atoms with Gasteiger partial charge in [-0.25, -0.2) is 13.1 Å². The smallest absolute Gasteiger partial charge is 0.215 e. The molecule has 1 rings (SSSR count). The lowest BCUT2D eigenvalue weighted by Gasteiger charge is -2.06. The molecule has 0 aliphatic rings. The van der Waals surface area contributed by atoms with E-state index in [-0.39, 0.29) is 18.2 Å². The Morgan fingerprint density at radius 1 is 1.35 bits per heavy atom. The van der Waals surface area contributed by atoms with Crippen LogP contribution in [-0.2, 0) is 15.8 Å². The third kappa shape index (κ3) is 6.63. The summed E-state index contributed by atoms with van der Waals surface area (Å²) < 4.78 is 25.8. The van der Waals surface area contributed by atoms with Gasteiger partial charge in [0, 0.05) is 6.54 Å². The van der Waals surface area contributed by atoms with Gasteiger partial charge in [-0.1, -0.05) is 29.8 Å². The van der Waals surface area contributed by atoms with Gasteiger partial charge < -0.3 is 5.73 Å². The number of hydrogen-bond donors (Lipinski definition) is 2. The molecule has 98 valence electrons. The van der Waals surface area contributed by atoms with E-state index in [4.69, 9.17) is 5.73 Å². The quantitative estimate of drug-likeness (QED) is 0.768. The van der Waals surface area contributed by atoms with Gasteiger partial charge in [-0.3, -0.25) is 0 Å². The lowest BCUT2D eigenvalue weighted by molar-refractivity contribution is 0.578. The van der Waals surface area contributed by atoms with Crippen molar-refractivity contribution in [2.45, 2.75) is 19.1 Å². The Morgan fingerprint density at radius 2 is 2.06 bits per heavy atom. The van der Waals surface area contributed by atoms with Gasteiger partial charge in [0.05, 0.1) is 5.75 Å². The molecule has 0 bridgehead atoms. The van der Waals surface area contributed by atoms with E-state index in [2.05, 4.69) is 4.72 Å². The number of benzene rings is 1. The molecule has 0 aliphatic heterocycles. The fraction of sp³-hybridized carbons (Fsp3) is 0.455. The zero-order valence-electron chi connectivity index (χ0n) is 9.85. The van der Waals surface area contributed by atoms with Gasteiger partial charge in [0.1, 0.15) is 0 Å². The number of nitrogens with one attached hydrogen (secondary N) is 1. The second-order valence-corrected chi connectivity index (χ2v) is 5.59. The summed E-state index contributed by atoms with van der Waals surface area (Å²) in [5, 5.41) is 0. The van der Waals surface area contributed by atoms with E-state index in [0.717, 1.165) is 11.1 Å². The molecule has 4 nitrogen and oxygen atoms in total. The predicted molar refractivity (Wildman–Crippen MR) is 72.7 cm³/mol. The minimum atomic E-state index is -3.23. The van der Waals surface area contributed by atoms with Gasteiger partial charge in [-0.2, -0.15) is 0 Å². The van der Waals surface area contributed by atoms with Crippen molar-refractivity contribution in [3.8, 4) is 0 Å². The maximum atomic E-state index is 11.6. The monoisotopic (exact) mass is 278 g/mol. The number of nitrogens with two attached hydrogens (primary N) is 1. The number of halogens is 1. The van der Waals surface area contributed by atoms with Crippen molar-refractivity contribution >= 4 is 22.4 Å². The summed E-state index contributed by atoms with van der Waals surface area (Å²) in [6.07, 6.45) is 0.660. The van der Waals surface area contributed by atoms with E-state index in [1.54, 1.807) is 0 Å². The lowest BCUT2D eigenvalue weighted by atomic mass is 10.2. The van der Waals surface area contributed by atoms with E-state index in [1.807, 2.05) is 31.2 Å². The molecule has 3 N–H and O–H groups in total. The van der Waals surface area contributed by atoms with Gasteiger partial charge >= 0.3 is 0 Å². The molecule has 0 saturated carbocycles. The summed E-state index contributed by atoms with van der Waals surface area (Å²) in [7, 11) is -3.23. The van der Waals surface area contributed by atoms with Crippen LogP contribution in [-0.4, -0.2) is 21.5 Å². The Labute approximate surface area is 109 Å². The second-order valence-electron chi connectivity index (χ2n) is 3.78. The first-order valence-electron chi connectivity index (χ1n) is 5.26. The molecule has 6 heteroatoms. The molecule has 0 atom stereocenters. The highest BCUT2D eigenvalue weighted by Crippen LogP contribution is 2.07. The van der Waals surface area contributed by atoms with E-state index in [1.165, 1.54) is 0 Å². The first-order chi connectivity index (χ1) is 7.53. The first kappa shape index (κ1) is 16.4. The van der Waals surface area contributed by atoms with Crippen LogP contribution in [0.5, 0.6) is 0 Å². The third-order valence-corrected chi connectivity index (χ3v) is 3.50. The molecule has 0 unspecified atom stereocenters. The lowest BCUT2D eigenvalue weighted by Crippen LogP contribution is -2.27. The Morgan fingerprint density at radius 3 is 2.65 bits per heavy atom. The van der Waals surface area contributed by atoms with Crippen molar-refractivity contribution < 1.29 is 8.42 Å². The molecule has 0 fully saturated rings. The summed E-state index contributed by atoms with van der Waals surface area (Å²) in [5.41, 5.74) is 7.17. The average Bonchev–Trinajstić information content (AvgIpc) is 2.17. The molecule has 0 spiro atoms. The zero-order valence-corrected chi connectivity index (χ0v) is 11.5. The summed E-state index contributed by atoms with van der Waals surface area (Å²) in [6.45, 7) is 2.84. The van der Waals surface area contributed by atoms with Crippen LogP contribution >= 0.6 is 12.4 Å². The number of sulfonamides is 1. The Kier molecular flexibility index (Phi) is 7.38. The summed E-state index contributed by atoms with van der Waals surface area (Å²) in [4.78, 5) is 0. The van der Waals surface area contributed by atoms with Crippen molar-refractivity contribution in [1.29, 1.82) is 0 Å². The fourth-order valence-corrected chi connectivity index (χ4v) is 2.58. The SMILES string of the molecule is Cc1cccc(CS(=O)(=O)NCCCN)c1.Cl. The molecular formula is C11H19ClN2O2S. The molecule has 0 radical (unpaired) electrons. The molecule has 1 aromatic rings. The van der Waals surface area contributed by atoms with E-state index in [0.29, 0.717) is 19.5 Å². The average molecular weight is 279 g/mol. The van der Waals surface area contributed by atoms with E-state index >= 15 is 0 Å². The fourth-order valence-electron chi connectivity index (χ4n) is 1.40. The van der Waals surface area contributed by atoms with E-state index < -0.39 is 10.0 Å². The second kappa shape index (κ2) is 7.66. The van der Waals surface area contributed by atoms with Gasteiger partial charge in [0.25, 0.3) is 0 Å². The standard InChI is InChI=1S/C11H18N2O2S.ClH/c1-10-4-2-5-11(8-10)9-16(14,15)13-7-3-6-12;/h2,4-5,8,13H,3,6-7,9,12H2,1H3;1H. The molecule has 0 aliphatic carbocycles. The number of rotatable bonds is 6. The van der Waals surface area contributed by atoms with Crippen LogP contribution in [0, 0.1) is 6.92 Å². The van der Waals surface area contributed by atoms with Crippen molar-refractivity contribution in [1.82, 2.24) is 4.72 Å². The van der Waals surface area contributed by atoms with Crippen molar-refractivity contribution in [2.75, 3.05) is 13.1 Å². The van der Waals surface area contributed by atoms with Gasteiger partial charge in [-0.05, 0) is 25.5 Å². The van der Waals surface area contributed by atoms with Crippen LogP contribution < -0.4 is 10.5 Å². The molecular weight excluding hydrogens is 260 g/mol. The summed E-state index contributed by atoms with van der Waals surface area (Å²) in [5.74, 6) is 0.0270. The first-order valence-corrected chi connectivity index (χ1v) is 6.92. The van der Waals surface area contributed by atoms with Crippen molar-refractivity contribution in [3.63, 3.8) is 0 Å². The van der Waals surface area contributed by atoms with Crippen molar-refractivity contribution in [3.05, 3.63) is 35.4 Å². The highest BCUT2D eigenvalue weighted by atomic mass is 35.5. The predicted octanol–water partition coefficient (Wildman–Crippen LogP) is 1.19. The zero-order chi connectivity index (χ0) is 12.0. The molecule has 0 heterocycles. The van der Waals surface area contributed by atoms with Crippen LogP contribution in [0.3, 0.4) is 0 Å². The van der Waals surface area contributed by atoms with Crippen LogP contribution in [0.25, 0.3) is 0 Å². The maximum absolute atomic E-state index is 11.6. The number of hydrogen-bond acceptors (Lipinski definition) is 3. The van der Waals surface area contributed by atoms with Crippen LogP contribution in [0.15, 0.2) is 24.3 Å². The number of aryl methyl sites for hydroxylation is 1. The topological polar surface area (TPSA) is 72.2 Å². The third-order valence-electron chi connectivity index (χ3n) is 2.14. The van der Waals surface area contributed by atoms with Crippen LogP contribution in [0.2, 0.25) is 0 Å². The van der Waals surface area contributed by atoms with Crippen molar-refractivity contribution in [2.24, 2.45) is 5.73 Å². The van der Waals surface area contributed by atoms with Gasteiger partial charge in [-0.15, -0.1) is 12.4 Å². The van der Waals surface area contributed by atoms with Crippen LogP contribution in [0.1, 0.15) is 17.5 Å².